The van der Waals surface area contributed by atoms with Gasteiger partial charge >= 0.3 is 0 Å². The third-order valence-electron chi connectivity index (χ3n) is 3.54. The van der Waals surface area contributed by atoms with Gasteiger partial charge in [-0.1, -0.05) is 33.6 Å². The Labute approximate surface area is 94.5 Å². The molecule has 0 radical (unpaired) electrons. The maximum atomic E-state index is 9.33. The van der Waals surface area contributed by atoms with E-state index in [1.54, 1.807) is 0 Å². The molecular weight excluding hydrogens is 186 g/mol. The lowest BCUT2D eigenvalue weighted by molar-refractivity contribution is 0.181. The molecule has 0 unspecified atom stereocenters. The van der Waals surface area contributed by atoms with E-state index in [0.717, 1.165) is 12.3 Å². The molecule has 0 aromatic heterocycles. The summed E-state index contributed by atoms with van der Waals surface area (Å²) in [6, 6.07) is 0.935. The summed E-state index contributed by atoms with van der Waals surface area (Å²) in [4.78, 5) is 0. The van der Waals surface area contributed by atoms with E-state index in [9.17, 15) is 5.11 Å². The fraction of sp³-hybridized carbons (Fsp3) is 1.00. The van der Waals surface area contributed by atoms with Crippen molar-refractivity contribution in [1.82, 2.24) is 5.32 Å². The topological polar surface area (TPSA) is 32.3 Å². The Morgan fingerprint density at radius 3 is 2.47 bits per heavy atom. The molecule has 0 spiro atoms. The molecule has 1 saturated carbocycles. The molecule has 2 N–H and O–H groups in total. The van der Waals surface area contributed by atoms with Gasteiger partial charge in [0.25, 0.3) is 0 Å². The first kappa shape index (κ1) is 13.0. The van der Waals surface area contributed by atoms with Gasteiger partial charge in [-0.15, -0.1) is 0 Å². The summed E-state index contributed by atoms with van der Waals surface area (Å²) in [6.07, 6.45) is 6.45. The highest BCUT2D eigenvalue weighted by Gasteiger charge is 2.23. The Balaban J connectivity index is 2.35. The molecule has 1 aliphatic rings. The Morgan fingerprint density at radius 1 is 1.27 bits per heavy atom. The lowest BCUT2D eigenvalue weighted by Gasteiger charge is -2.33. The molecule has 2 heteroatoms. The highest BCUT2D eigenvalue weighted by atomic mass is 16.3. The van der Waals surface area contributed by atoms with Crippen molar-refractivity contribution in [2.45, 2.75) is 65.0 Å². The van der Waals surface area contributed by atoms with Gasteiger partial charge in [0, 0.05) is 12.1 Å². The van der Waals surface area contributed by atoms with Crippen molar-refractivity contribution >= 4 is 0 Å². The van der Waals surface area contributed by atoms with Crippen molar-refractivity contribution in [2.75, 3.05) is 6.61 Å². The Morgan fingerprint density at radius 2 is 1.93 bits per heavy atom. The molecule has 1 rings (SSSR count). The fourth-order valence-electron chi connectivity index (χ4n) is 2.63. The van der Waals surface area contributed by atoms with Gasteiger partial charge in [-0.3, -0.25) is 0 Å². The van der Waals surface area contributed by atoms with Crippen molar-refractivity contribution in [1.29, 1.82) is 0 Å². The third kappa shape index (κ3) is 4.52. The van der Waals surface area contributed by atoms with Crippen LogP contribution < -0.4 is 5.32 Å². The Hall–Kier alpha value is -0.0800. The minimum atomic E-state index is 0.279. The minimum Gasteiger partial charge on any atom is -0.395 e. The lowest BCUT2D eigenvalue weighted by Crippen LogP contribution is -2.45. The summed E-state index contributed by atoms with van der Waals surface area (Å²) in [6.45, 7) is 7.05. The second-order valence-electron chi connectivity index (χ2n) is 5.54. The van der Waals surface area contributed by atoms with Crippen LogP contribution in [0.25, 0.3) is 0 Å². The quantitative estimate of drug-likeness (QED) is 0.735. The molecule has 0 saturated heterocycles. The van der Waals surface area contributed by atoms with Gasteiger partial charge in [0.1, 0.15) is 0 Å². The smallest absolute Gasteiger partial charge is 0.0584 e. The fourth-order valence-corrected chi connectivity index (χ4v) is 2.63. The van der Waals surface area contributed by atoms with Gasteiger partial charge in [0.05, 0.1) is 6.61 Å². The van der Waals surface area contributed by atoms with Crippen molar-refractivity contribution in [3.63, 3.8) is 0 Å². The predicted molar refractivity (Wildman–Crippen MR) is 64.9 cm³/mol. The zero-order valence-corrected chi connectivity index (χ0v) is 10.5. The highest BCUT2D eigenvalue weighted by Crippen LogP contribution is 2.24. The number of hydrogen-bond acceptors (Lipinski definition) is 2. The van der Waals surface area contributed by atoms with Crippen molar-refractivity contribution in [3.8, 4) is 0 Å². The average molecular weight is 213 g/mol. The van der Waals surface area contributed by atoms with E-state index >= 15 is 0 Å². The molecule has 1 fully saturated rings. The van der Waals surface area contributed by atoms with Crippen molar-refractivity contribution < 1.29 is 5.11 Å². The highest BCUT2D eigenvalue weighted by molar-refractivity contribution is 4.81. The van der Waals surface area contributed by atoms with Crippen LogP contribution in [0.2, 0.25) is 0 Å². The summed E-state index contributed by atoms with van der Waals surface area (Å²) in [5, 5.41) is 13.0. The van der Waals surface area contributed by atoms with E-state index in [4.69, 9.17) is 0 Å². The van der Waals surface area contributed by atoms with Crippen molar-refractivity contribution in [3.05, 3.63) is 0 Å². The molecule has 0 heterocycles. The second-order valence-corrected chi connectivity index (χ2v) is 5.54. The molecule has 0 bridgehead atoms. The van der Waals surface area contributed by atoms with E-state index in [0.29, 0.717) is 18.0 Å². The van der Waals surface area contributed by atoms with Crippen LogP contribution in [0.15, 0.2) is 0 Å². The molecule has 0 amide bonds. The molecule has 0 aliphatic heterocycles. The molecule has 3 atom stereocenters. The monoisotopic (exact) mass is 213 g/mol. The van der Waals surface area contributed by atoms with E-state index in [1.165, 1.54) is 25.7 Å². The molecule has 15 heavy (non-hydrogen) atoms. The summed E-state index contributed by atoms with van der Waals surface area (Å²) in [7, 11) is 0. The van der Waals surface area contributed by atoms with Crippen LogP contribution in [0.5, 0.6) is 0 Å². The average Bonchev–Trinajstić information content (AvgIpc) is 2.19. The Bertz CT molecular complexity index is 170. The first-order chi connectivity index (χ1) is 7.13. The molecule has 2 nitrogen and oxygen atoms in total. The number of aliphatic hydroxyl groups excluding tert-OH is 1. The summed E-state index contributed by atoms with van der Waals surface area (Å²) in [5.41, 5.74) is 0. The van der Waals surface area contributed by atoms with Crippen LogP contribution in [0.4, 0.5) is 0 Å². The predicted octanol–water partition coefficient (Wildman–Crippen LogP) is 2.56. The number of aliphatic hydroxyl groups is 1. The van der Waals surface area contributed by atoms with E-state index in [2.05, 4.69) is 26.1 Å². The van der Waals surface area contributed by atoms with Crippen molar-refractivity contribution in [2.24, 2.45) is 11.8 Å². The molecular formula is C13H27NO. The number of rotatable bonds is 5. The largest absolute Gasteiger partial charge is 0.395 e. The van der Waals surface area contributed by atoms with Crippen LogP contribution in [0, 0.1) is 11.8 Å². The Kier molecular flexibility index (Phi) is 5.62. The third-order valence-corrected chi connectivity index (χ3v) is 3.54. The molecule has 0 aromatic rings. The molecule has 1 aliphatic carbocycles. The lowest BCUT2D eigenvalue weighted by atomic mass is 9.85. The van der Waals surface area contributed by atoms with Crippen LogP contribution in [0.1, 0.15) is 52.9 Å². The van der Waals surface area contributed by atoms with Crippen LogP contribution in [-0.4, -0.2) is 23.8 Å². The first-order valence-corrected chi connectivity index (χ1v) is 6.50. The molecule has 90 valence electrons. The second kappa shape index (κ2) is 6.49. The van der Waals surface area contributed by atoms with Gasteiger partial charge in [-0.25, -0.2) is 0 Å². The number of hydrogen-bond donors (Lipinski definition) is 2. The van der Waals surface area contributed by atoms with Crippen LogP contribution in [-0.2, 0) is 0 Å². The van der Waals surface area contributed by atoms with Gasteiger partial charge < -0.3 is 10.4 Å². The summed E-state index contributed by atoms with van der Waals surface area (Å²) < 4.78 is 0. The maximum absolute atomic E-state index is 9.33. The van der Waals surface area contributed by atoms with Gasteiger partial charge in [-0.05, 0) is 31.1 Å². The van der Waals surface area contributed by atoms with Crippen LogP contribution >= 0.6 is 0 Å². The SMILES string of the molecule is CC(C)C[C@@H](CO)N[C@H]1CCCC[C@@H]1C. The zero-order chi connectivity index (χ0) is 11.3. The first-order valence-electron chi connectivity index (χ1n) is 6.50. The van der Waals surface area contributed by atoms with E-state index in [-0.39, 0.29) is 6.61 Å². The summed E-state index contributed by atoms with van der Waals surface area (Å²) >= 11 is 0. The van der Waals surface area contributed by atoms with E-state index < -0.39 is 0 Å². The zero-order valence-electron chi connectivity index (χ0n) is 10.5. The standard InChI is InChI=1S/C13H27NO/c1-10(2)8-12(9-15)14-13-7-5-4-6-11(13)3/h10-15H,4-9H2,1-3H3/t11-,12-,13-/m0/s1. The summed E-state index contributed by atoms with van der Waals surface area (Å²) in [5.74, 6) is 1.44. The maximum Gasteiger partial charge on any atom is 0.0584 e. The van der Waals surface area contributed by atoms with Crippen LogP contribution in [0.3, 0.4) is 0 Å². The van der Waals surface area contributed by atoms with E-state index in [1.807, 2.05) is 0 Å². The molecule has 0 aromatic carbocycles. The normalized spacial score (nSPS) is 29.4. The number of nitrogens with one attached hydrogen (secondary N) is 1. The van der Waals surface area contributed by atoms with Gasteiger partial charge in [-0.2, -0.15) is 0 Å². The minimum absolute atomic E-state index is 0.279. The van der Waals surface area contributed by atoms with Gasteiger partial charge in [0.15, 0.2) is 0 Å². The van der Waals surface area contributed by atoms with Gasteiger partial charge in [0.2, 0.25) is 0 Å².